The molecule has 1 nitrogen and oxygen atoms in total. The van der Waals surface area contributed by atoms with Crippen molar-refractivity contribution >= 4 is 21.4 Å². The molecule has 0 amide bonds. The standard InChI is InChI=1S/C13H16FNS/c1-2-6-15-7-5-10-9-16-13-4-3-11(14)8-12(10)13/h3-4,8-9,15H,2,5-7H2,1H3. The topological polar surface area (TPSA) is 12.0 Å². The fourth-order valence-electron chi connectivity index (χ4n) is 1.77. The van der Waals surface area contributed by atoms with E-state index in [1.807, 2.05) is 6.07 Å². The molecular weight excluding hydrogens is 221 g/mol. The third-order valence-corrected chi connectivity index (χ3v) is 3.63. The Balaban J connectivity index is 2.09. The van der Waals surface area contributed by atoms with E-state index in [1.165, 1.54) is 16.3 Å². The fraction of sp³-hybridized carbons (Fsp3) is 0.385. The van der Waals surface area contributed by atoms with E-state index in [2.05, 4.69) is 17.6 Å². The molecule has 2 rings (SSSR count). The van der Waals surface area contributed by atoms with Gasteiger partial charge >= 0.3 is 0 Å². The first-order valence-electron chi connectivity index (χ1n) is 5.67. The Labute approximate surface area is 99.3 Å². The summed E-state index contributed by atoms with van der Waals surface area (Å²) < 4.78 is 14.3. The average Bonchev–Trinajstić information content (AvgIpc) is 2.67. The molecule has 1 aromatic carbocycles. The van der Waals surface area contributed by atoms with Crippen molar-refractivity contribution in [3.8, 4) is 0 Å². The second-order valence-corrected chi connectivity index (χ2v) is 4.81. The summed E-state index contributed by atoms with van der Waals surface area (Å²) in [6, 6.07) is 5.03. The smallest absolute Gasteiger partial charge is 0.123 e. The number of fused-ring (bicyclic) bond motifs is 1. The van der Waals surface area contributed by atoms with E-state index < -0.39 is 0 Å². The predicted octanol–water partition coefficient (Wildman–Crippen LogP) is 3.58. The largest absolute Gasteiger partial charge is 0.316 e. The van der Waals surface area contributed by atoms with Gasteiger partial charge in [-0.2, -0.15) is 0 Å². The Morgan fingerprint density at radius 2 is 2.19 bits per heavy atom. The Morgan fingerprint density at radius 1 is 1.31 bits per heavy atom. The van der Waals surface area contributed by atoms with E-state index >= 15 is 0 Å². The summed E-state index contributed by atoms with van der Waals surface area (Å²) in [4.78, 5) is 0. The first kappa shape index (κ1) is 11.6. The molecule has 1 N–H and O–H groups in total. The molecule has 1 aromatic heterocycles. The van der Waals surface area contributed by atoms with Crippen molar-refractivity contribution < 1.29 is 4.39 Å². The van der Waals surface area contributed by atoms with Crippen LogP contribution < -0.4 is 5.32 Å². The van der Waals surface area contributed by atoms with Gasteiger partial charge in [-0.3, -0.25) is 0 Å². The SMILES string of the molecule is CCCNCCc1csc2ccc(F)cc12. The van der Waals surface area contributed by atoms with Crippen LogP contribution in [0.1, 0.15) is 18.9 Å². The third kappa shape index (κ3) is 2.60. The maximum absolute atomic E-state index is 13.1. The van der Waals surface area contributed by atoms with Gasteiger partial charge < -0.3 is 5.32 Å². The molecule has 3 heteroatoms. The van der Waals surface area contributed by atoms with Crippen molar-refractivity contribution in [2.24, 2.45) is 0 Å². The summed E-state index contributed by atoms with van der Waals surface area (Å²) in [5.74, 6) is -0.145. The van der Waals surface area contributed by atoms with Crippen LogP contribution in [0.3, 0.4) is 0 Å². The molecule has 2 aromatic rings. The lowest BCUT2D eigenvalue weighted by molar-refractivity contribution is 0.629. The fourth-order valence-corrected chi connectivity index (χ4v) is 2.75. The number of nitrogens with one attached hydrogen (secondary N) is 1. The molecule has 1 heterocycles. The quantitative estimate of drug-likeness (QED) is 0.784. The van der Waals surface area contributed by atoms with Gasteiger partial charge in [-0.1, -0.05) is 6.92 Å². The van der Waals surface area contributed by atoms with Gasteiger partial charge in [0.15, 0.2) is 0 Å². The molecule has 0 atom stereocenters. The van der Waals surface area contributed by atoms with Crippen molar-refractivity contribution in [1.82, 2.24) is 5.32 Å². The first-order chi connectivity index (χ1) is 7.81. The van der Waals surface area contributed by atoms with Gasteiger partial charge in [-0.25, -0.2) is 4.39 Å². The van der Waals surface area contributed by atoms with E-state index in [0.29, 0.717) is 0 Å². The minimum atomic E-state index is -0.145. The molecule has 0 bridgehead atoms. The van der Waals surface area contributed by atoms with E-state index in [-0.39, 0.29) is 5.82 Å². The number of thiophene rings is 1. The number of benzene rings is 1. The van der Waals surface area contributed by atoms with Gasteiger partial charge in [0.1, 0.15) is 5.82 Å². The summed E-state index contributed by atoms with van der Waals surface area (Å²) in [6.45, 7) is 4.18. The molecular formula is C13H16FNS. The van der Waals surface area contributed by atoms with Crippen LogP contribution in [0.15, 0.2) is 23.6 Å². The van der Waals surface area contributed by atoms with Crippen molar-refractivity contribution in [3.05, 3.63) is 35.0 Å². The molecule has 0 aliphatic carbocycles. The normalized spacial score (nSPS) is 11.1. The Kier molecular flexibility index (Phi) is 3.91. The lowest BCUT2D eigenvalue weighted by Crippen LogP contribution is -2.17. The lowest BCUT2D eigenvalue weighted by Gasteiger charge is -2.02. The average molecular weight is 237 g/mol. The number of halogens is 1. The minimum absolute atomic E-state index is 0.145. The summed E-state index contributed by atoms with van der Waals surface area (Å²) in [5.41, 5.74) is 1.25. The van der Waals surface area contributed by atoms with Gasteiger partial charge in [-0.15, -0.1) is 11.3 Å². The zero-order valence-electron chi connectivity index (χ0n) is 9.42. The van der Waals surface area contributed by atoms with Crippen LogP contribution >= 0.6 is 11.3 Å². The van der Waals surface area contributed by atoms with Gasteiger partial charge in [-0.05, 0) is 60.5 Å². The van der Waals surface area contributed by atoms with Crippen LogP contribution in [0, 0.1) is 5.82 Å². The molecule has 0 aliphatic rings. The molecule has 0 aliphatic heterocycles. The molecule has 0 spiro atoms. The number of hydrogen-bond acceptors (Lipinski definition) is 2. The van der Waals surface area contributed by atoms with Crippen LogP contribution in [0.5, 0.6) is 0 Å². The first-order valence-corrected chi connectivity index (χ1v) is 6.55. The summed E-state index contributed by atoms with van der Waals surface area (Å²) in [6.07, 6.45) is 2.13. The molecule has 0 unspecified atom stereocenters. The zero-order valence-corrected chi connectivity index (χ0v) is 10.2. The summed E-state index contributed by atoms with van der Waals surface area (Å²) >= 11 is 1.69. The monoisotopic (exact) mass is 237 g/mol. The van der Waals surface area contributed by atoms with Crippen molar-refractivity contribution in [2.75, 3.05) is 13.1 Å². The lowest BCUT2D eigenvalue weighted by atomic mass is 10.1. The van der Waals surface area contributed by atoms with Gasteiger partial charge in [0, 0.05) is 4.70 Å². The van der Waals surface area contributed by atoms with Crippen LogP contribution in [0.25, 0.3) is 10.1 Å². The highest BCUT2D eigenvalue weighted by atomic mass is 32.1. The van der Waals surface area contributed by atoms with Gasteiger partial charge in [0.2, 0.25) is 0 Å². The number of hydrogen-bond donors (Lipinski definition) is 1. The van der Waals surface area contributed by atoms with Gasteiger partial charge in [0.05, 0.1) is 0 Å². The third-order valence-electron chi connectivity index (χ3n) is 2.61. The maximum Gasteiger partial charge on any atom is 0.123 e. The Bertz CT molecular complexity index is 464. The highest BCUT2D eigenvalue weighted by molar-refractivity contribution is 7.17. The van der Waals surface area contributed by atoms with Crippen LogP contribution in [-0.2, 0) is 6.42 Å². The second-order valence-electron chi connectivity index (χ2n) is 3.90. The van der Waals surface area contributed by atoms with Gasteiger partial charge in [0.25, 0.3) is 0 Å². The highest BCUT2D eigenvalue weighted by Crippen LogP contribution is 2.26. The number of rotatable bonds is 5. The molecule has 16 heavy (non-hydrogen) atoms. The van der Waals surface area contributed by atoms with Crippen molar-refractivity contribution in [3.63, 3.8) is 0 Å². The molecule has 0 radical (unpaired) electrons. The Morgan fingerprint density at radius 3 is 3.00 bits per heavy atom. The van der Waals surface area contributed by atoms with E-state index in [0.717, 1.165) is 31.3 Å². The van der Waals surface area contributed by atoms with Crippen LogP contribution in [0.4, 0.5) is 4.39 Å². The molecule has 86 valence electrons. The van der Waals surface area contributed by atoms with Crippen molar-refractivity contribution in [2.45, 2.75) is 19.8 Å². The van der Waals surface area contributed by atoms with E-state index in [4.69, 9.17) is 0 Å². The minimum Gasteiger partial charge on any atom is -0.316 e. The molecule has 0 saturated carbocycles. The zero-order chi connectivity index (χ0) is 11.4. The van der Waals surface area contributed by atoms with Crippen LogP contribution in [0.2, 0.25) is 0 Å². The Hall–Kier alpha value is -0.930. The second kappa shape index (κ2) is 5.41. The maximum atomic E-state index is 13.1. The molecule has 0 saturated heterocycles. The van der Waals surface area contributed by atoms with E-state index in [1.54, 1.807) is 17.4 Å². The highest BCUT2D eigenvalue weighted by Gasteiger charge is 2.04. The van der Waals surface area contributed by atoms with Crippen LogP contribution in [-0.4, -0.2) is 13.1 Å². The predicted molar refractivity (Wildman–Crippen MR) is 68.6 cm³/mol. The van der Waals surface area contributed by atoms with Crippen molar-refractivity contribution in [1.29, 1.82) is 0 Å². The summed E-state index contributed by atoms with van der Waals surface area (Å²) in [7, 11) is 0. The summed E-state index contributed by atoms with van der Waals surface area (Å²) in [5, 5.41) is 6.57. The molecule has 0 fully saturated rings. The van der Waals surface area contributed by atoms with E-state index in [9.17, 15) is 4.39 Å².